The molecular weight excluding hydrogens is 194 g/mol. The van der Waals surface area contributed by atoms with Crippen LogP contribution in [0.25, 0.3) is 0 Å². The maximum absolute atomic E-state index is 11.6. The summed E-state index contributed by atoms with van der Waals surface area (Å²) in [5, 5.41) is 7.04. The minimum Gasteiger partial charge on any atom is -0.361 e. The van der Waals surface area contributed by atoms with Gasteiger partial charge in [0.15, 0.2) is 0 Å². The van der Waals surface area contributed by atoms with Crippen molar-refractivity contribution >= 4 is 5.91 Å². The molecule has 1 amide bonds. The fourth-order valence-electron chi connectivity index (χ4n) is 1.74. The van der Waals surface area contributed by atoms with Gasteiger partial charge in [0.2, 0.25) is 5.91 Å². The van der Waals surface area contributed by atoms with E-state index >= 15 is 0 Å². The molecule has 0 aliphatic carbocycles. The maximum Gasteiger partial charge on any atom is 0.239 e. The van der Waals surface area contributed by atoms with Crippen LogP contribution in [0.1, 0.15) is 17.9 Å². The third-order valence-electron chi connectivity index (χ3n) is 2.63. The number of nitrogens with one attached hydrogen (secondary N) is 1. The molecule has 82 valence electrons. The third kappa shape index (κ3) is 2.18. The molecule has 1 unspecified atom stereocenters. The first-order valence-electron chi connectivity index (χ1n) is 5.07. The predicted molar refractivity (Wildman–Crippen MR) is 54.1 cm³/mol. The van der Waals surface area contributed by atoms with E-state index in [0.29, 0.717) is 6.54 Å². The molecule has 5 heteroatoms. The fraction of sp³-hybridized carbons (Fsp3) is 0.600. The van der Waals surface area contributed by atoms with Gasteiger partial charge in [-0.25, -0.2) is 0 Å². The summed E-state index contributed by atoms with van der Waals surface area (Å²) >= 11 is 0. The van der Waals surface area contributed by atoms with E-state index in [2.05, 4.69) is 10.5 Å². The zero-order valence-corrected chi connectivity index (χ0v) is 8.99. The molecule has 1 atom stereocenters. The van der Waals surface area contributed by atoms with Gasteiger partial charge in [-0.3, -0.25) is 10.1 Å². The van der Waals surface area contributed by atoms with Gasteiger partial charge in [-0.05, 0) is 13.3 Å². The van der Waals surface area contributed by atoms with Crippen LogP contribution in [0.2, 0.25) is 0 Å². The van der Waals surface area contributed by atoms with Crippen molar-refractivity contribution < 1.29 is 9.32 Å². The Kier molecular flexibility index (Phi) is 2.73. The Morgan fingerprint density at radius 3 is 3.07 bits per heavy atom. The second kappa shape index (κ2) is 4.02. The summed E-state index contributed by atoms with van der Waals surface area (Å²) in [7, 11) is 1.82. The summed E-state index contributed by atoms with van der Waals surface area (Å²) in [5.74, 6) is 0.955. The number of aromatic nitrogens is 1. The van der Waals surface area contributed by atoms with Crippen LogP contribution in [-0.4, -0.2) is 35.6 Å². The number of rotatable bonds is 3. The molecule has 0 saturated carbocycles. The Morgan fingerprint density at radius 1 is 1.73 bits per heavy atom. The average Bonchev–Trinajstić information content (AvgIpc) is 2.74. The summed E-state index contributed by atoms with van der Waals surface area (Å²) in [4.78, 5) is 13.3. The van der Waals surface area contributed by atoms with E-state index in [9.17, 15) is 4.79 Å². The lowest BCUT2D eigenvalue weighted by molar-refractivity contribution is -0.128. The van der Waals surface area contributed by atoms with Crippen LogP contribution >= 0.6 is 0 Å². The van der Waals surface area contributed by atoms with Gasteiger partial charge in [0.1, 0.15) is 5.76 Å². The number of aryl methyl sites for hydroxylation is 1. The Morgan fingerprint density at radius 2 is 2.53 bits per heavy atom. The Labute approximate surface area is 88.4 Å². The normalized spacial score (nSPS) is 21.3. The number of likely N-dealkylation sites (tertiary alicyclic amines) is 1. The number of carbonyl (C=O) groups is 1. The van der Waals surface area contributed by atoms with Crippen molar-refractivity contribution in [1.29, 1.82) is 0 Å². The second-order valence-corrected chi connectivity index (χ2v) is 3.91. The lowest BCUT2D eigenvalue weighted by Gasteiger charge is -2.10. The number of amides is 1. The number of hydrogen-bond acceptors (Lipinski definition) is 4. The molecular formula is C10H15N3O2. The van der Waals surface area contributed by atoms with E-state index in [1.165, 1.54) is 0 Å². The van der Waals surface area contributed by atoms with Crippen LogP contribution in [0.5, 0.6) is 0 Å². The number of nitrogens with zero attached hydrogens (tertiary/aromatic N) is 2. The minimum absolute atomic E-state index is 0.0630. The van der Waals surface area contributed by atoms with Gasteiger partial charge in [0.05, 0.1) is 11.7 Å². The van der Waals surface area contributed by atoms with Gasteiger partial charge >= 0.3 is 0 Å². The molecule has 1 aliphatic heterocycles. The zero-order chi connectivity index (χ0) is 10.8. The van der Waals surface area contributed by atoms with Gasteiger partial charge in [0, 0.05) is 26.2 Å². The molecule has 0 radical (unpaired) electrons. The van der Waals surface area contributed by atoms with Crippen molar-refractivity contribution in [3.8, 4) is 0 Å². The van der Waals surface area contributed by atoms with Crippen molar-refractivity contribution in [2.24, 2.45) is 0 Å². The first kappa shape index (κ1) is 10.2. The van der Waals surface area contributed by atoms with Crippen LogP contribution in [0.3, 0.4) is 0 Å². The molecule has 1 fully saturated rings. The quantitative estimate of drug-likeness (QED) is 0.778. The molecule has 1 N–H and O–H groups in total. The van der Waals surface area contributed by atoms with Gasteiger partial charge in [-0.15, -0.1) is 0 Å². The van der Waals surface area contributed by atoms with Crippen molar-refractivity contribution in [3.63, 3.8) is 0 Å². The Hall–Kier alpha value is -1.36. The fourth-order valence-corrected chi connectivity index (χ4v) is 1.74. The summed E-state index contributed by atoms with van der Waals surface area (Å²) in [6, 6.07) is 1.81. The first-order valence-corrected chi connectivity index (χ1v) is 5.07. The first-order chi connectivity index (χ1) is 7.16. The SMILES string of the molecule is Cc1cc(CNC2CCN(C)C2=O)no1. The molecule has 5 nitrogen and oxygen atoms in total. The van der Waals surface area contributed by atoms with E-state index in [-0.39, 0.29) is 11.9 Å². The highest BCUT2D eigenvalue weighted by molar-refractivity contribution is 5.83. The molecule has 0 bridgehead atoms. The molecule has 2 rings (SSSR count). The molecule has 2 heterocycles. The topological polar surface area (TPSA) is 58.4 Å². The number of carbonyl (C=O) groups excluding carboxylic acids is 1. The van der Waals surface area contributed by atoms with Gasteiger partial charge < -0.3 is 9.42 Å². The average molecular weight is 209 g/mol. The van der Waals surface area contributed by atoms with E-state index in [0.717, 1.165) is 24.4 Å². The molecule has 0 aromatic carbocycles. The Balaban J connectivity index is 1.86. The van der Waals surface area contributed by atoms with Crippen LogP contribution in [0, 0.1) is 6.92 Å². The zero-order valence-electron chi connectivity index (χ0n) is 8.99. The largest absolute Gasteiger partial charge is 0.361 e. The highest BCUT2D eigenvalue weighted by Crippen LogP contribution is 2.09. The van der Waals surface area contributed by atoms with Crippen LogP contribution < -0.4 is 5.32 Å². The van der Waals surface area contributed by atoms with Gasteiger partial charge in [-0.1, -0.05) is 5.16 Å². The van der Waals surface area contributed by atoms with Gasteiger partial charge in [-0.2, -0.15) is 0 Å². The molecule has 1 aromatic rings. The predicted octanol–water partition coefficient (Wildman–Crippen LogP) is 0.303. The standard InChI is InChI=1S/C10H15N3O2/c1-7-5-8(12-15-7)6-11-9-3-4-13(2)10(9)14/h5,9,11H,3-4,6H2,1-2H3. The molecule has 1 saturated heterocycles. The lowest BCUT2D eigenvalue weighted by Crippen LogP contribution is -2.36. The maximum atomic E-state index is 11.6. The van der Waals surface area contributed by atoms with Crippen molar-refractivity contribution in [2.45, 2.75) is 25.9 Å². The monoisotopic (exact) mass is 209 g/mol. The summed E-state index contributed by atoms with van der Waals surface area (Å²) in [5.41, 5.74) is 0.842. The smallest absolute Gasteiger partial charge is 0.239 e. The highest BCUT2D eigenvalue weighted by Gasteiger charge is 2.28. The van der Waals surface area contributed by atoms with Crippen LogP contribution in [-0.2, 0) is 11.3 Å². The van der Waals surface area contributed by atoms with Crippen molar-refractivity contribution in [3.05, 3.63) is 17.5 Å². The second-order valence-electron chi connectivity index (χ2n) is 3.91. The number of likely N-dealkylation sites (N-methyl/N-ethyl adjacent to an activating group) is 1. The molecule has 1 aromatic heterocycles. The molecule has 1 aliphatic rings. The van der Waals surface area contributed by atoms with Crippen LogP contribution in [0.4, 0.5) is 0 Å². The van der Waals surface area contributed by atoms with E-state index in [1.54, 1.807) is 4.90 Å². The van der Waals surface area contributed by atoms with E-state index in [1.807, 2.05) is 20.0 Å². The summed E-state index contributed by atoms with van der Waals surface area (Å²) in [6.07, 6.45) is 0.867. The van der Waals surface area contributed by atoms with Crippen molar-refractivity contribution in [1.82, 2.24) is 15.4 Å². The highest BCUT2D eigenvalue weighted by atomic mass is 16.5. The van der Waals surface area contributed by atoms with E-state index in [4.69, 9.17) is 4.52 Å². The summed E-state index contributed by atoms with van der Waals surface area (Å²) < 4.78 is 4.94. The van der Waals surface area contributed by atoms with Gasteiger partial charge in [0.25, 0.3) is 0 Å². The molecule has 15 heavy (non-hydrogen) atoms. The Bertz CT molecular complexity index is 361. The summed E-state index contributed by atoms with van der Waals surface area (Å²) in [6.45, 7) is 3.26. The van der Waals surface area contributed by atoms with Crippen LogP contribution in [0.15, 0.2) is 10.6 Å². The number of hydrogen-bond donors (Lipinski definition) is 1. The third-order valence-corrected chi connectivity index (χ3v) is 2.63. The molecule has 0 spiro atoms. The van der Waals surface area contributed by atoms with Crippen molar-refractivity contribution in [2.75, 3.05) is 13.6 Å². The minimum atomic E-state index is -0.0630. The lowest BCUT2D eigenvalue weighted by atomic mass is 10.2. The van der Waals surface area contributed by atoms with E-state index < -0.39 is 0 Å².